The number of hydrogen-bond donors (Lipinski definition) is 2. The van der Waals surface area contributed by atoms with Gasteiger partial charge in [-0.3, -0.25) is 0 Å². The molecule has 1 aliphatic heterocycles. The third-order valence-corrected chi connectivity index (χ3v) is 3.58. The summed E-state index contributed by atoms with van der Waals surface area (Å²) in [6, 6.07) is 4.22. The van der Waals surface area contributed by atoms with E-state index >= 15 is 0 Å². The zero-order valence-electron chi connectivity index (χ0n) is 11.2. The Hall–Kier alpha value is -2.08. The van der Waals surface area contributed by atoms with Crippen molar-refractivity contribution in [1.82, 2.24) is 10.1 Å². The minimum atomic E-state index is -0.535. The Morgan fingerprint density at radius 1 is 1.25 bits per heavy atom. The molecule has 0 spiro atoms. The van der Waals surface area contributed by atoms with E-state index in [1.165, 1.54) is 18.2 Å². The molecule has 3 rings (SSSR count). The fourth-order valence-electron chi connectivity index (χ4n) is 2.36. The highest BCUT2D eigenvalue weighted by molar-refractivity contribution is 5.63. The van der Waals surface area contributed by atoms with Gasteiger partial charge in [-0.25, -0.2) is 0 Å². The number of phenols is 2. The first-order chi connectivity index (χ1) is 9.58. The Balaban J connectivity index is 1.93. The lowest BCUT2D eigenvalue weighted by Gasteiger charge is -2.30. The van der Waals surface area contributed by atoms with E-state index in [-0.39, 0.29) is 17.4 Å². The van der Waals surface area contributed by atoms with Crippen molar-refractivity contribution in [3.63, 3.8) is 0 Å². The van der Waals surface area contributed by atoms with Gasteiger partial charge in [0.05, 0.1) is 5.56 Å². The van der Waals surface area contributed by atoms with Crippen molar-refractivity contribution in [1.29, 1.82) is 0 Å². The smallest absolute Gasteiger partial charge is 0.261 e. The molecule has 1 aliphatic rings. The van der Waals surface area contributed by atoms with Gasteiger partial charge >= 0.3 is 0 Å². The Kier molecular flexibility index (Phi) is 3.10. The van der Waals surface area contributed by atoms with Crippen molar-refractivity contribution < 1.29 is 19.5 Å². The molecule has 0 saturated carbocycles. The lowest BCUT2D eigenvalue weighted by molar-refractivity contribution is -0.0770. The molecule has 6 heteroatoms. The molecule has 0 radical (unpaired) electrons. The van der Waals surface area contributed by atoms with Gasteiger partial charge in [-0.1, -0.05) is 5.16 Å². The van der Waals surface area contributed by atoms with Crippen molar-refractivity contribution in [2.24, 2.45) is 0 Å². The number of phenolic OH excluding ortho intramolecular Hbond substituents is 2. The summed E-state index contributed by atoms with van der Waals surface area (Å²) in [6.07, 6.45) is 2.94. The summed E-state index contributed by atoms with van der Waals surface area (Å²) in [6.45, 7) is 2.63. The molecule has 1 atom stereocenters. The highest BCUT2D eigenvalue weighted by atomic mass is 16.5. The molecule has 1 fully saturated rings. The van der Waals surface area contributed by atoms with E-state index < -0.39 is 5.60 Å². The third kappa shape index (κ3) is 2.22. The topological polar surface area (TPSA) is 88.6 Å². The van der Waals surface area contributed by atoms with E-state index in [9.17, 15) is 10.2 Å². The SMILES string of the molecule is CC1(c2noc(-c3ccc(O)cc3O)n2)CCCCO1. The second-order valence-electron chi connectivity index (χ2n) is 5.16. The van der Waals surface area contributed by atoms with Gasteiger partial charge in [-0.15, -0.1) is 0 Å². The molecular formula is C14H16N2O4. The van der Waals surface area contributed by atoms with Crippen LogP contribution in [0.5, 0.6) is 11.5 Å². The van der Waals surface area contributed by atoms with Crippen LogP contribution >= 0.6 is 0 Å². The van der Waals surface area contributed by atoms with Crippen molar-refractivity contribution in [3.05, 3.63) is 24.0 Å². The van der Waals surface area contributed by atoms with Crippen LogP contribution in [-0.2, 0) is 10.3 Å². The Labute approximate surface area is 116 Å². The fraction of sp³-hybridized carbons (Fsp3) is 0.429. The van der Waals surface area contributed by atoms with E-state index in [1.54, 1.807) is 0 Å². The molecular weight excluding hydrogens is 260 g/mol. The van der Waals surface area contributed by atoms with Gasteiger partial charge in [0.15, 0.2) is 0 Å². The molecule has 2 heterocycles. The number of hydrogen-bond acceptors (Lipinski definition) is 6. The van der Waals surface area contributed by atoms with Crippen LogP contribution < -0.4 is 0 Å². The monoisotopic (exact) mass is 276 g/mol. The maximum atomic E-state index is 9.81. The normalized spacial score (nSPS) is 22.9. The Morgan fingerprint density at radius 3 is 2.80 bits per heavy atom. The van der Waals surface area contributed by atoms with Crippen molar-refractivity contribution in [2.75, 3.05) is 6.61 Å². The Morgan fingerprint density at radius 2 is 2.10 bits per heavy atom. The van der Waals surface area contributed by atoms with Crippen LogP contribution in [0.25, 0.3) is 11.5 Å². The first kappa shape index (κ1) is 12.9. The van der Waals surface area contributed by atoms with Gasteiger partial charge in [-0.2, -0.15) is 4.98 Å². The largest absolute Gasteiger partial charge is 0.508 e. The molecule has 1 unspecified atom stereocenters. The fourth-order valence-corrected chi connectivity index (χ4v) is 2.36. The third-order valence-electron chi connectivity index (χ3n) is 3.58. The predicted molar refractivity (Wildman–Crippen MR) is 70.2 cm³/mol. The second-order valence-corrected chi connectivity index (χ2v) is 5.16. The maximum Gasteiger partial charge on any atom is 0.261 e. The summed E-state index contributed by atoms with van der Waals surface area (Å²) in [5.74, 6) is 0.580. The number of benzene rings is 1. The predicted octanol–water partition coefficient (Wildman–Crippen LogP) is 2.56. The highest BCUT2D eigenvalue weighted by Crippen LogP contribution is 2.36. The van der Waals surface area contributed by atoms with Gasteiger partial charge in [0.2, 0.25) is 5.82 Å². The van der Waals surface area contributed by atoms with Crippen LogP contribution in [0.15, 0.2) is 22.7 Å². The first-order valence-corrected chi connectivity index (χ1v) is 6.59. The van der Waals surface area contributed by atoms with Crippen LogP contribution in [0, 0.1) is 0 Å². The lowest BCUT2D eigenvalue weighted by atomic mass is 9.95. The standard InChI is InChI=1S/C14H16N2O4/c1-14(6-2-3-7-19-14)13-15-12(20-16-13)10-5-4-9(17)8-11(10)18/h4-5,8,17-18H,2-3,6-7H2,1H3. The van der Waals surface area contributed by atoms with Gasteiger partial charge in [0, 0.05) is 12.7 Å². The van der Waals surface area contributed by atoms with Crippen LogP contribution in [-0.4, -0.2) is 27.0 Å². The summed E-state index contributed by atoms with van der Waals surface area (Å²) in [7, 11) is 0. The molecule has 1 aromatic carbocycles. The van der Waals surface area contributed by atoms with Gasteiger partial charge in [0.25, 0.3) is 5.89 Å². The molecule has 1 saturated heterocycles. The zero-order valence-corrected chi connectivity index (χ0v) is 11.2. The number of ether oxygens (including phenoxy) is 1. The molecule has 0 aliphatic carbocycles. The van der Waals surface area contributed by atoms with Crippen molar-refractivity contribution in [2.45, 2.75) is 31.8 Å². The van der Waals surface area contributed by atoms with Crippen molar-refractivity contribution in [3.8, 4) is 23.0 Å². The minimum absolute atomic E-state index is 0.0198. The highest BCUT2D eigenvalue weighted by Gasteiger charge is 2.35. The zero-order chi connectivity index (χ0) is 14.2. The first-order valence-electron chi connectivity index (χ1n) is 6.59. The van der Waals surface area contributed by atoms with Crippen molar-refractivity contribution >= 4 is 0 Å². The van der Waals surface area contributed by atoms with E-state index in [4.69, 9.17) is 9.26 Å². The Bertz CT molecular complexity index is 617. The lowest BCUT2D eigenvalue weighted by Crippen LogP contribution is -2.31. The quantitative estimate of drug-likeness (QED) is 0.876. The molecule has 1 aromatic heterocycles. The summed E-state index contributed by atoms with van der Waals surface area (Å²) in [5, 5.41) is 23.1. The average Bonchev–Trinajstić information content (AvgIpc) is 2.90. The minimum Gasteiger partial charge on any atom is -0.508 e. The molecule has 0 amide bonds. The summed E-state index contributed by atoms with van der Waals surface area (Å²) >= 11 is 0. The summed E-state index contributed by atoms with van der Waals surface area (Å²) < 4.78 is 11.0. The second kappa shape index (κ2) is 4.79. The van der Waals surface area contributed by atoms with E-state index in [0.717, 1.165) is 19.3 Å². The van der Waals surface area contributed by atoms with E-state index in [2.05, 4.69) is 10.1 Å². The molecule has 20 heavy (non-hydrogen) atoms. The van der Waals surface area contributed by atoms with Crippen LogP contribution in [0.4, 0.5) is 0 Å². The number of rotatable bonds is 2. The van der Waals surface area contributed by atoms with E-state index in [1.807, 2.05) is 6.92 Å². The molecule has 0 bridgehead atoms. The molecule has 6 nitrogen and oxygen atoms in total. The van der Waals surface area contributed by atoms with Gasteiger partial charge in [-0.05, 0) is 38.3 Å². The number of aromatic hydroxyl groups is 2. The molecule has 106 valence electrons. The maximum absolute atomic E-state index is 9.81. The van der Waals surface area contributed by atoms with E-state index in [0.29, 0.717) is 18.0 Å². The molecule has 2 N–H and O–H groups in total. The summed E-state index contributed by atoms with van der Waals surface area (Å²) in [5.41, 5.74) is -0.145. The van der Waals surface area contributed by atoms with Crippen LogP contribution in [0.1, 0.15) is 32.0 Å². The van der Waals surface area contributed by atoms with Gasteiger partial charge in [0.1, 0.15) is 17.1 Å². The number of nitrogens with zero attached hydrogens (tertiary/aromatic N) is 2. The van der Waals surface area contributed by atoms with Crippen LogP contribution in [0.3, 0.4) is 0 Å². The average molecular weight is 276 g/mol. The molecule has 2 aromatic rings. The van der Waals surface area contributed by atoms with Gasteiger partial charge < -0.3 is 19.5 Å². The number of aromatic nitrogens is 2. The van der Waals surface area contributed by atoms with Crippen LogP contribution in [0.2, 0.25) is 0 Å². The summed E-state index contributed by atoms with van der Waals surface area (Å²) in [4.78, 5) is 4.32.